The Morgan fingerprint density at radius 3 is 2.53 bits per heavy atom. The fourth-order valence-corrected chi connectivity index (χ4v) is 1.89. The van der Waals surface area contributed by atoms with Crippen LogP contribution in [0.15, 0.2) is 12.3 Å². The first-order valence-corrected chi connectivity index (χ1v) is 6.13. The zero-order valence-electron chi connectivity index (χ0n) is 10.6. The highest BCUT2D eigenvalue weighted by Gasteiger charge is 2.20. The second kappa shape index (κ2) is 4.22. The van der Waals surface area contributed by atoms with Crippen LogP contribution in [0.3, 0.4) is 0 Å². The molecule has 0 aliphatic carbocycles. The van der Waals surface area contributed by atoms with Gasteiger partial charge in [0.15, 0.2) is 5.15 Å². The van der Waals surface area contributed by atoms with Gasteiger partial charge in [0.25, 0.3) is 0 Å². The van der Waals surface area contributed by atoms with Gasteiger partial charge in [-0.3, -0.25) is 0 Å². The maximum atomic E-state index is 6.11. The van der Waals surface area contributed by atoms with Crippen LogP contribution in [0, 0.1) is 0 Å². The van der Waals surface area contributed by atoms with Crippen LogP contribution in [0.2, 0.25) is 5.15 Å². The first-order chi connectivity index (χ1) is 7.93. The molecule has 2 heterocycles. The molecule has 0 aliphatic rings. The molecule has 0 N–H and O–H groups in total. The summed E-state index contributed by atoms with van der Waals surface area (Å²) in [5.41, 5.74) is 1.70. The Morgan fingerprint density at radius 1 is 1.24 bits per heavy atom. The smallest absolute Gasteiger partial charge is 0.155 e. The summed E-state index contributed by atoms with van der Waals surface area (Å²) in [6, 6.07) is 1.92. The number of hydrogen-bond donors (Lipinski definition) is 0. The molecular weight excluding hydrogens is 234 g/mol. The van der Waals surface area contributed by atoms with Crippen LogP contribution in [0.25, 0.3) is 10.9 Å². The molecule has 0 bridgehead atoms. The van der Waals surface area contributed by atoms with Crippen molar-refractivity contribution >= 4 is 22.5 Å². The third-order valence-corrected chi connectivity index (χ3v) is 2.93. The SMILES string of the molecule is CCc1nc(C(C)(C)C)nc2c(Cl)nccc12. The molecule has 0 spiro atoms. The maximum absolute atomic E-state index is 6.11. The molecule has 0 saturated carbocycles. The van der Waals surface area contributed by atoms with Gasteiger partial charge in [-0.15, -0.1) is 0 Å². The quantitative estimate of drug-likeness (QED) is 0.726. The van der Waals surface area contributed by atoms with Crippen molar-refractivity contribution in [2.24, 2.45) is 0 Å². The highest BCUT2D eigenvalue weighted by Crippen LogP contribution is 2.26. The minimum atomic E-state index is -0.0860. The van der Waals surface area contributed by atoms with Gasteiger partial charge in [-0.2, -0.15) is 0 Å². The fourth-order valence-electron chi connectivity index (χ4n) is 1.69. The van der Waals surface area contributed by atoms with Crippen LogP contribution in [-0.4, -0.2) is 15.0 Å². The summed E-state index contributed by atoms with van der Waals surface area (Å²) < 4.78 is 0. The minimum Gasteiger partial charge on any atom is -0.242 e. The van der Waals surface area contributed by atoms with E-state index in [4.69, 9.17) is 11.6 Å². The standard InChI is InChI=1S/C13H16ClN3/c1-5-9-8-6-7-15-11(14)10(8)17-12(16-9)13(2,3)4/h6-7H,5H2,1-4H3. The van der Waals surface area contributed by atoms with Gasteiger partial charge in [-0.1, -0.05) is 39.3 Å². The van der Waals surface area contributed by atoms with Crippen LogP contribution in [-0.2, 0) is 11.8 Å². The van der Waals surface area contributed by atoms with E-state index in [0.29, 0.717) is 5.15 Å². The lowest BCUT2D eigenvalue weighted by Gasteiger charge is -2.18. The first kappa shape index (κ1) is 12.2. The van der Waals surface area contributed by atoms with Gasteiger partial charge < -0.3 is 0 Å². The number of aromatic nitrogens is 3. The molecule has 0 amide bonds. The fraction of sp³-hybridized carbons (Fsp3) is 0.462. The molecule has 0 saturated heterocycles. The molecule has 2 rings (SSSR count). The van der Waals surface area contributed by atoms with Gasteiger partial charge in [0.1, 0.15) is 11.3 Å². The van der Waals surface area contributed by atoms with Crippen molar-refractivity contribution in [3.8, 4) is 0 Å². The summed E-state index contributed by atoms with van der Waals surface area (Å²) in [5, 5.41) is 1.45. The van der Waals surface area contributed by atoms with Crippen molar-refractivity contribution in [1.82, 2.24) is 15.0 Å². The van der Waals surface area contributed by atoms with E-state index in [2.05, 4.69) is 42.6 Å². The van der Waals surface area contributed by atoms with Crippen LogP contribution < -0.4 is 0 Å². The van der Waals surface area contributed by atoms with Gasteiger partial charge in [-0.05, 0) is 12.5 Å². The lowest BCUT2D eigenvalue weighted by molar-refractivity contribution is 0.545. The van der Waals surface area contributed by atoms with Crippen molar-refractivity contribution in [1.29, 1.82) is 0 Å². The highest BCUT2D eigenvalue weighted by molar-refractivity contribution is 6.33. The predicted molar refractivity (Wildman–Crippen MR) is 70.4 cm³/mol. The largest absolute Gasteiger partial charge is 0.242 e. The van der Waals surface area contributed by atoms with Gasteiger partial charge in [0.05, 0.1) is 5.69 Å². The van der Waals surface area contributed by atoms with E-state index in [1.165, 1.54) is 0 Å². The average Bonchev–Trinajstić information content (AvgIpc) is 2.27. The van der Waals surface area contributed by atoms with Crippen molar-refractivity contribution in [2.45, 2.75) is 39.5 Å². The Bertz CT molecular complexity index is 558. The van der Waals surface area contributed by atoms with Crippen molar-refractivity contribution < 1.29 is 0 Å². The number of pyridine rings is 1. The maximum Gasteiger partial charge on any atom is 0.155 e. The first-order valence-electron chi connectivity index (χ1n) is 5.75. The summed E-state index contributed by atoms with van der Waals surface area (Å²) in [7, 11) is 0. The van der Waals surface area contributed by atoms with E-state index < -0.39 is 0 Å². The van der Waals surface area contributed by atoms with E-state index in [0.717, 1.165) is 28.8 Å². The third-order valence-electron chi connectivity index (χ3n) is 2.65. The molecular formula is C13H16ClN3. The van der Waals surface area contributed by atoms with Crippen molar-refractivity contribution in [3.05, 3.63) is 28.9 Å². The monoisotopic (exact) mass is 249 g/mol. The zero-order valence-corrected chi connectivity index (χ0v) is 11.3. The average molecular weight is 250 g/mol. The number of fused-ring (bicyclic) bond motifs is 1. The van der Waals surface area contributed by atoms with Crippen LogP contribution in [0.1, 0.15) is 39.2 Å². The van der Waals surface area contributed by atoms with Gasteiger partial charge >= 0.3 is 0 Å². The molecule has 0 aliphatic heterocycles. The lowest BCUT2D eigenvalue weighted by atomic mass is 9.95. The molecule has 0 atom stereocenters. The van der Waals surface area contributed by atoms with Crippen LogP contribution in [0.4, 0.5) is 0 Å². The molecule has 0 aromatic carbocycles. The van der Waals surface area contributed by atoms with Gasteiger partial charge in [0.2, 0.25) is 0 Å². The Labute approximate surface area is 106 Å². The molecule has 0 unspecified atom stereocenters. The summed E-state index contributed by atoms with van der Waals surface area (Å²) in [6.07, 6.45) is 2.56. The van der Waals surface area contributed by atoms with Crippen LogP contribution in [0.5, 0.6) is 0 Å². The summed E-state index contributed by atoms with van der Waals surface area (Å²) in [5.74, 6) is 0.816. The van der Waals surface area contributed by atoms with E-state index in [1.54, 1.807) is 6.20 Å². The van der Waals surface area contributed by atoms with E-state index in [1.807, 2.05) is 6.07 Å². The summed E-state index contributed by atoms with van der Waals surface area (Å²) in [6.45, 7) is 8.37. The predicted octanol–water partition coefficient (Wildman–Crippen LogP) is 3.54. The second-order valence-electron chi connectivity index (χ2n) is 5.10. The molecule has 0 radical (unpaired) electrons. The van der Waals surface area contributed by atoms with E-state index >= 15 is 0 Å². The number of rotatable bonds is 1. The van der Waals surface area contributed by atoms with Gasteiger partial charge in [0, 0.05) is 17.0 Å². The normalized spacial score (nSPS) is 12.1. The Balaban J connectivity index is 2.81. The molecule has 2 aromatic heterocycles. The number of nitrogens with zero attached hydrogens (tertiary/aromatic N) is 3. The number of aryl methyl sites for hydroxylation is 1. The highest BCUT2D eigenvalue weighted by atomic mass is 35.5. The minimum absolute atomic E-state index is 0.0860. The van der Waals surface area contributed by atoms with Crippen LogP contribution >= 0.6 is 11.6 Å². The Kier molecular flexibility index (Phi) is 3.04. The third kappa shape index (κ3) is 2.25. The van der Waals surface area contributed by atoms with E-state index in [9.17, 15) is 0 Å². The Hall–Kier alpha value is -1.22. The van der Waals surface area contributed by atoms with E-state index in [-0.39, 0.29) is 5.41 Å². The summed E-state index contributed by atoms with van der Waals surface area (Å²) in [4.78, 5) is 13.3. The van der Waals surface area contributed by atoms with Crippen molar-refractivity contribution in [3.63, 3.8) is 0 Å². The molecule has 3 nitrogen and oxygen atoms in total. The second-order valence-corrected chi connectivity index (χ2v) is 5.45. The zero-order chi connectivity index (χ0) is 12.6. The molecule has 4 heteroatoms. The summed E-state index contributed by atoms with van der Waals surface area (Å²) >= 11 is 6.11. The van der Waals surface area contributed by atoms with Crippen molar-refractivity contribution in [2.75, 3.05) is 0 Å². The lowest BCUT2D eigenvalue weighted by Crippen LogP contribution is -2.17. The molecule has 17 heavy (non-hydrogen) atoms. The Morgan fingerprint density at radius 2 is 1.94 bits per heavy atom. The number of hydrogen-bond acceptors (Lipinski definition) is 3. The molecule has 0 fully saturated rings. The topological polar surface area (TPSA) is 38.7 Å². The van der Waals surface area contributed by atoms with Gasteiger partial charge in [-0.25, -0.2) is 15.0 Å². The number of halogens is 1. The molecule has 2 aromatic rings. The molecule has 90 valence electrons.